The third kappa shape index (κ3) is 3.68. The summed E-state index contributed by atoms with van der Waals surface area (Å²) in [6.07, 6.45) is 1.38. The molecule has 0 spiro atoms. The van der Waals surface area contributed by atoms with E-state index in [0.29, 0.717) is 12.1 Å². The van der Waals surface area contributed by atoms with Crippen LogP contribution in [0.2, 0.25) is 5.02 Å². The zero-order valence-electron chi connectivity index (χ0n) is 9.85. The van der Waals surface area contributed by atoms with E-state index >= 15 is 0 Å². The lowest BCUT2D eigenvalue weighted by Gasteiger charge is -2.11. The average molecular weight is 272 g/mol. The summed E-state index contributed by atoms with van der Waals surface area (Å²) in [4.78, 5) is 21.6. The largest absolute Gasteiger partial charge is 0.325 e. The van der Waals surface area contributed by atoms with Crippen molar-refractivity contribution < 1.29 is 9.72 Å². The van der Waals surface area contributed by atoms with Crippen molar-refractivity contribution in [2.45, 2.75) is 25.8 Å². The van der Waals surface area contributed by atoms with Crippen LogP contribution in [-0.2, 0) is 4.79 Å². The summed E-state index contributed by atoms with van der Waals surface area (Å²) in [6, 6.07) is 3.39. The molecule has 0 aliphatic heterocycles. The molecule has 1 atom stereocenters. The molecule has 1 amide bonds. The van der Waals surface area contributed by atoms with Crippen LogP contribution in [0, 0.1) is 10.1 Å². The highest BCUT2D eigenvalue weighted by Gasteiger charge is 2.15. The van der Waals surface area contributed by atoms with Gasteiger partial charge in [0.2, 0.25) is 5.91 Å². The first-order valence-electron chi connectivity index (χ1n) is 5.46. The van der Waals surface area contributed by atoms with E-state index in [2.05, 4.69) is 5.32 Å². The number of nitro benzene ring substituents is 1. The van der Waals surface area contributed by atoms with E-state index in [0.717, 1.165) is 6.42 Å². The second-order valence-electron chi connectivity index (χ2n) is 3.81. The van der Waals surface area contributed by atoms with Crippen molar-refractivity contribution in [1.29, 1.82) is 0 Å². The van der Waals surface area contributed by atoms with Gasteiger partial charge in [0.25, 0.3) is 5.69 Å². The van der Waals surface area contributed by atoms with E-state index < -0.39 is 11.0 Å². The van der Waals surface area contributed by atoms with E-state index in [1.807, 2.05) is 6.92 Å². The molecular formula is C11H14ClN3O3. The van der Waals surface area contributed by atoms with Crippen LogP contribution in [0.3, 0.4) is 0 Å². The van der Waals surface area contributed by atoms with Crippen molar-refractivity contribution in [2.24, 2.45) is 5.73 Å². The van der Waals surface area contributed by atoms with Crippen molar-refractivity contribution >= 4 is 28.9 Å². The Morgan fingerprint density at radius 1 is 1.61 bits per heavy atom. The van der Waals surface area contributed by atoms with Gasteiger partial charge in [0.15, 0.2) is 0 Å². The fourth-order valence-electron chi connectivity index (χ4n) is 1.41. The lowest BCUT2D eigenvalue weighted by atomic mass is 10.1. The Labute approximate surface area is 109 Å². The summed E-state index contributed by atoms with van der Waals surface area (Å²) in [5.74, 6) is -0.332. The van der Waals surface area contributed by atoms with Gasteiger partial charge < -0.3 is 11.1 Å². The van der Waals surface area contributed by atoms with Crippen molar-refractivity contribution in [3.63, 3.8) is 0 Å². The minimum absolute atomic E-state index is 0.0261. The van der Waals surface area contributed by atoms with Crippen LogP contribution < -0.4 is 11.1 Å². The van der Waals surface area contributed by atoms with Crippen LogP contribution in [0.5, 0.6) is 0 Å². The van der Waals surface area contributed by atoms with Crippen LogP contribution in [0.4, 0.5) is 11.4 Å². The van der Waals surface area contributed by atoms with E-state index in [1.165, 1.54) is 18.2 Å². The van der Waals surface area contributed by atoms with Crippen LogP contribution in [0.1, 0.15) is 19.8 Å². The predicted octanol–water partition coefficient (Wildman–Crippen LogP) is 2.31. The lowest BCUT2D eigenvalue weighted by molar-refractivity contribution is -0.384. The molecule has 7 heteroatoms. The Bertz CT molecular complexity index is 465. The van der Waals surface area contributed by atoms with Crippen LogP contribution in [0.25, 0.3) is 0 Å². The Balaban J connectivity index is 2.77. The second kappa shape index (κ2) is 6.32. The number of amides is 1. The number of nitrogens with one attached hydrogen (secondary N) is 1. The maximum Gasteiger partial charge on any atom is 0.288 e. The molecule has 18 heavy (non-hydrogen) atoms. The first kappa shape index (κ1) is 14.4. The Kier molecular flexibility index (Phi) is 5.06. The average Bonchev–Trinajstić information content (AvgIpc) is 2.28. The summed E-state index contributed by atoms with van der Waals surface area (Å²) in [6.45, 7) is 1.93. The number of carbonyl (C=O) groups excluding carboxylic acids is 1. The minimum Gasteiger partial charge on any atom is -0.325 e. The van der Waals surface area contributed by atoms with Crippen molar-refractivity contribution in [1.82, 2.24) is 0 Å². The van der Waals surface area contributed by atoms with Gasteiger partial charge in [-0.1, -0.05) is 24.9 Å². The molecule has 0 saturated carbocycles. The second-order valence-corrected chi connectivity index (χ2v) is 4.21. The van der Waals surface area contributed by atoms with Crippen molar-refractivity contribution in [3.05, 3.63) is 33.3 Å². The maximum absolute atomic E-state index is 11.6. The van der Waals surface area contributed by atoms with Gasteiger partial charge >= 0.3 is 0 Å². The monoisotopic (exact) mass is 271 g/mol. The molecule has 0 radical (unpaired) electrons. The molecule has 3 N–H and O–H groups in total. The number of carbonyl (C=O) groups is 1. The summed E-state index contributed by atoms with van der Waals surface area (Å²) in [5, 5.41) is 13.1. The number of halogens is 1. The molecule has 0 aliphatic rings. The third-order valence-corrected chi connectivity index (χ3v) is 2.65. The molecule has 0 fully saturated rings. The fourth-order valence-corrected chi connectivity index (χ4v) is 1.66. The number of nitro groups is 1. The molecule has 0 bridgehead atoms. The molecule has 1 aromatic rings. The number of nitrogens with two attached hydrogens (primary N) is 1. The number of anilines is 1. The number of benzene rings is 1. The molecule has 0 heterocycles. The molecule has 98 valence electrons. The van der Waals surface area contributed by atoms with Crippen LogP contribution in [-0.4, -0.2) is 16.9 Å². The highest BCUT2D eigenvalue weighted by atomic mass is 35.5. The van der Waals surface area contributed by atoms with Crippen LogP contribution >= 0.6 is 11.6 Å². The van der Waals surface area contributed by atoms with Gasteiger partial charge in [-0.3, -0.25) is 14.9 Å². The number of hydrogen-bond acceptors (Lipinski definition) is 4. The first-order valence-corrected chi connectivity index (χ1v) is 5.84. The van der Waals surface area contributed by atoms with Gasteiger partial charge in [0.05, 0.1) is 11.0 Å². The van der Waals surface area contributed by atoms with Crippen LogP contribution in [0.15, 0.2) is 18.2 Å². The molecule has 0 saturated heterocycles. The highest BCUT2D eigenvalue weighted by Crippen LogP contribution is 2.27. The zero-order chi connectivity index (χ0) is 13.7. The van der Waals surface area contributed by atoms with Gasteiger partial charge in [-0.25, -0.2) is 0 Å². The Morgan fingerprint density at radius 3 is 2.78 bits per heavy atom. The van der Waals surface area contributed by atoms with Gasteiger partial charge in [-0.05, 0) is 18.6 Å². The molecule has 0 aromatic heterocycles. The van der Waals surface area contributed by atoms with Crippen molar-refractivity contribution in [2.75, 3.05) is 5.32 Å². The predicted molar refractivity (Wildman–Crippen MR) is 69.6 cm³/mol. The van der Waals surface area contributed by atoms with Gasteiger partial charge in [0, 0.05) is 11.8 Å². The fraction of sp³-hybridized carbons (Fsp3) is 0.364. The molecule has 1 unspecified atom stereocenters. The molecule has 1 rings (SSSR count). The number of hydrogen-bond donors (Lipinski definition) is 2. The molecular weight excluding hydrogens is 258 g/mol. The molecule has 6 nitrogen and oxygen atoms in total. The Hall–Kier alpha value is -1.66. The van der Waals surface area contributed by atoms with E-state index in [9.17, 15) is 14.9 Å². The van der Waals surface area contributed by atoms with E-state index in [-0.39, 0.29) is 16.6 Å². The van der Waals surface area contributed by atoms with Gasteiger partial charge in [-0.15, -0.1) is 0 Å². The van der Waals surface area contributed by atoms with Gasteiger partial charge in [-0.2, -0.15) is 0 Å². The molecule has 1 aromatic carbocycles. The lowest BCUT2D eigenvalue weighted by Crippen LogP contribution is -2.35. The summed E-state index contributed by atoms with van der Waals surface area (Å²) >= 11 is 5.72. The highest BCUT2D eigenvalue weighted by molar-refractivity contribution is 6.33. The number of nitrogens with zero attached hydrogens (tertiary/aromatic N) is 1. The summed E-state index contributed by atoms with van der Waals surface area (Å²) in [5.41, 5.74) is 5.83. The smallest absolute Gasteiger partial charge is 0.288 e. The maximum atomic E-state index is 11.6. The quantitative estimate of drug-likeness (QED) is 0.634. The normalized spacial score (nSPS) is 11.9. The SMILES string of the molecule is CCCC(N)C(=O)Nc1ccc([N+](=O)[O-])c(Cl)c1. The summed E-state index contributed by atoms with van der Waals surface area (Å²) < 4.78 is 0. The first-order chi connectivity index (χ1) is 8.45. The number of rotatable bonds is 5. The molecule has 0 aliphatic carbocycles. The Morgan fingerprint density at radius 2 is 2.28 bits per heavy atom. The topological polar surface area (TPSA) is 98.3 Å². The standard InChI is InChI=1S/C11H14ClN3O3/c1-2-3-9(13)11(16)14-7-4-5-10(15(17)18)8(12)6-7/h4-6,9H,2-3,13H2,1H3,(H,14,16). The van der Waals surface area contributed by atoms with Gasteiger partial charge in [0.1, 0.15) is 5.02 Å². The zero-order valence-corrected chi connectivity index (χ0v) is 10.6. The van der Waals surface area contributed by atoms with E-state index in [1.54, 1.807) is 0 Å². The van der Waals surface area contributed by atoms with Crippen molar-refractivity contribution in [3.8, 4) is 0 Å². The minimum atomic E-state index is -0.594. The summed E-state index contributed by atoms with van der Waals surface area (Å²) in [7, 11) is 0. The third-order valence-electron chi connectivity index (χ3n) is 2.35. The van der Waals surface area contributed by atoms with E-state index in [4.69, 9.17) is 17.3 Å².